The van der Waals surface area contributed by atoms with E-state index in [1.54, 1.807) is 12.1 Å². The largest absolute Gasteiger partial charge is 0.508 e. The topological polar surface area (TPSA) is 82.3 Å². The minimum atomic E-state index is 0.158. The van der Waals surface area contributed by atoms with E-state index in [9.17, 15) is 5.11 Å². The number of nitrogens with one attached hydrogen (secondary N) is 3. The number of rotatable bonds is 3. The van der Waals surface area contributed by atoms with Gasteiger partial charge in [-0.15, -0.1) is 0 Å². The van der Waals surface area contributed by atoms with Gasteiger partial charge < -0.3 is 26.8 Å². The molecule has 4 rings (SSSR count). The zero-order valence-electron chi connectivity index (χ0n) is 16.3. The summed E-state index contributed by atoms with van der Waals surface area (Å²) < 4.78 is 0. The van der Waals surface area contributed by atoms with E-state index >= 15 is 0 Å². The first-order valence-corrected chi connectivity index (χ1v) is 9.92. The molecule has 2 aliphatic heterocycles. The van der Waals surface area contributed by atoms with Crippen molar-refractivity contribution < 1.29 is 5.11 Å². The lowest BCUT2D eigenvalue weighted by atomic mass is 9.91. The zero-order chi connectivity index (χ0) is 19.5. The van der Waals surface area contributed by atoms with E-state index in [2.05, 4.69) is 40.2 Å². The number of hydrogen-bond donors (Lipinski definition) is 5. The molecule has 1 atom stereocenters. The Hall–Kier alpha value is -2.92. The molecular formula is C23H28N4O. The molecule has 0 saturated carbocycles. The summed E-state index contributed by atoms with van der Waals surface area (Å²) in [5.74, 6) is 0.276. The van der Waals surface area contributed by atoms with Crippen LogP contribution in [0.25, 0.3) is 11.3 Å². The van der Waals surface area contributed by atoms with Gasteiger partial charge in [-0.25, -0.2) is 0 Å². The molecule has 5 nitrogen and oxygen atoms in total. The van der Waals surface area contributed by atoms with Gasteiger partial charge >= 0.3 is 0 Å². The fourth-order valence-electron chi connectivity index (χ4n) is 4.02. The summed E-state index contributed by atoms with van der Waals surface area (Å²) in [5.41, 5.74) is 14.1. The molecule has 0 aromatic heterocycles. The fourth-order valence-corrected chi connectivity index (χ4v) is 4.02. The Bertz CT molecular complexity index is 911. The van der Waals surface area contributed by atoms with Crippen LogP contribution in [0.2, 0.25) is 0 Å². The molecule has 1 unspecified atom stereocenters. The molecule has 0 aliphatic carbocycles. The molecule has 2 heterocycles. The predicted octanol–water partition coefficient (Wildman–Crippen LogP) is 3.56. The van der Waals surface area contributed by atoms with Crippen LogP contribution >= 0.6 is 0 Å². The molecule has 0 amide bonds. The van der Waals surface area contributed by atoms with Crippen molar-refractivity contribution in [2.24, 2.45) is 5.73 Å². The van der Waals surface area contributed by atoms with Crippen molar-refractivity contribution in [3.8, 4) is 5.75 Å². The normalized spacial score (nSPS) is 21.0. The van der Waals surface area contributed by atoms with Gasteiger partial charge in [0.2, 0.25) is 0 Å². The summed E-state index contributed by atoms with van der Waals surface area (Å²) in [6.07, 6.45) is 4.27. The van der Waals surface area contributed by atoms with Crippen molar-refractivity contribution >= 4 is 17.0 Å². The molecule has 2 aromatic rings. The van der Waals surface area contributed by atoms with Crippen LogP contribution < -0.4 is 21.7 Å². The number of phenols is 1. The van der Waals surface area contributed by atoms with E-state index in [0.717, 1.165) is 55.1 Å². The van der Waals surface area contributed by atoms with E-state index in [1.165, 1.54) is 16.7 Å². The summed E-state index contributed by atoms with van der Waals surface area (Å²) in [4.78, 5) is 0. The highest BCUT2D eigenvalue weighted by atomic mass is 16.3. The molecular weight excluding hydrogens is 348 g/mol. The monoisotopic (exact) mass is 376 g/mol. The predicted molar refractivity (Wildman–Crippen MR) is 116 cm³/mol. The molecule has 0 spiro atoms. The van der Waals surface area contributed by atoms with Gasteiger partial charge in [0.25, 0.3) is 0 Å². The van der Waals surface area contributed by atoms with Crippen LogP contribution in [0.5, 0.6) is 5.75 Å². The van der Waals surface area contributed by atoms with Crippen molar-refractivity contribution in [2.75, 3.05) is 25.0 Å². The van der Waals surface area contributed by atoms with E-state index in [0.29, 0.717) is 0 Å². The number of allylic oxidation sites excluding steroid dienone is 1. The van der Waals surface area contributed by atoms with Crippen LogP contribution in [0.4, 0.5) is 5.69 Å². The number of nitrogens with two attached hydrogens (primary N) is 1. The smallest absolute Gasteiger partial charge is 0.115 e. The van der Waals surface area contributed by atoms with Crippen molar-refractivity contribution in [3.05, 3.63) is 70.9 Å². The summed E-state index contributed by atoms with van der Waals surface area (Å²) in [5, 5.41) is 20.1. The first-order valence-electron chi connectivity index (χ1n) is 9.92. The number of aromatic hydroxyl groups is 1. The highest BCUT2D eigenvalue weighted by molar-refractivity contribution is 5.75. The van der Waals surface area contributed by atoms with Crippen LogP contribution in [0.1, 0.15) is 42.5 Å². The second kappa shape index (κ2) is 7.98. The van der Waals surface area contributed by atoms with E-state index in [-0.39, 0.29) is 11.8 Å². The molecule has 28 heavy (non-hydrogen) atoms. The van der Waals surface area contributed by atoms with Gasteiger partial charge in [0.05, 0.1) is 11.7 Å². The molecule has 2 aliphatic rings. The summed E-state index contributed by atoms with van der Waals surface area (Å²) in [7, 11) is 0. The number of anilines is 1. The second-order valence-electron chi connectivity index (χ2n) is 7.50. The Morgan fingerprint density at radius 1 is 1.14 bits per heavy atom. The maximum absolute atomic E-state index is 9.57. The van der Waals surface area contributed by atoms with Gasteiger partial charge in [-0.2, -0.15) is 0 Å². The molecule has 146 valence electrons. The summed E-state index contributed by atoms with van der Waals surface area (Å²) >= 11 is 0. The molecule has 0 saturated heterocycles. The van der Waals surface area contributed by atoms with Crippen LogP contribution in [-0.2, 0) is 0 Å². The number of fused-ring (bicyclic) bond motifs is 1. The Labute approximate surface area is 166 Å². The minimum Gasteiger partial charge on any atom is -0.508 e. The van der Waals surface area contributed by atoms with Gasteiger partial charge in [-0.3, -0.25) is 0 Å². The Morgan fingerprint density at radius 3 is 2.68 bits per heavy atom. The Balaban J connectivity index is 1.76. The van der Waals surface area contributed by atoms with E-state index < -0.39 is 0 Å². The second-order valence-corrected chi connectivity index (χ2v) is 7.50. The van der Waals surface area contributed by atoms with Crippen molar-refractivity contribution in [3.63, 3.8) is 0 Å². The SMILES string of the molecule is C/C(N)=C1/NCCC(Nc2ccc(O)cc2)c2cc(C3=CCNCC3)ccc21. The van der Waals surface area contributed by atoms with Crippen LogP contribution in [-0.4, -0.2) is 24.7 Å². The molecule has 6 N–H and O–H groups in total. The average Bonchev–Trinajstić information content (AvgIpc) is 2.89. The Morgan fingerprint density at radius 2 is 1.96 bits per heavy atom. The van der Waals surface area contributed by atoms with Crippen LogP contribution in [0.15, 0.2) is 54.2 Å². The summed E-state index contributed by atoms with van der Waals surface area (Å²) in [6.45, 7) is 4.74. The third-order valence-corrected chi connectivity index (χ3v) is 5.47. The first-order chi connectivity index (χ1) is 13.6. The fraction of sp³-hybridized carbons (Fsp3) is 0.304. The summed E-state index contributed by atoms with van der Waals surface area (Å²) in [6, 6.07) is 14.1. The number of phenolic OH excluding ortho intramolecular Hbond substituents is 1. The third kappa shape index (κ3) is 3.85. The van der Waals surface area contributed by atoms with Gasteiger partial charge in [0, 0.05) is 30.0 Å². The Kier molecular flexibility index (Phi) is 5.26. The highest BCUT2D eigenvalue weighted by Gasteiger charge is 2.23. The molecule has 0 radical (unpaired) electrons. The van der Waals surface area contributed by atoms with E-state index in [1.807, 2.05) is 19.1 Å². The lowest BCUT2D eigenvalue weighted by Gasteiger charge is -2.23. The maximum atomic E-state index is 9.57. The maximum Gasteiger partial charge on any atom is 0.115 e. The van der Waals surface area contributed by atoms with Gasteiger partial charge in [0.15, 0.2) is 0 Å². The van der Waals surface area contributed by atoms with Crippen LogP contribution in [0, 0.1) is 0 Å². The van der Waals surface area contributed by atoms with Gasteiger partial charge in [0.1, 0.15) is 5.75 Å². The van der Waals surface area contributed by atoms with Crippen molar-refractivity contribution in [1.29, 1.82) is 0 Å². The molecule has 0 fully saturated rings. The average molecular weight is 377 g/mol. The quantitative estimate of drug-likeness (QED) is 0.529. The van der Waals surface area contributed by atoms with E-state index in [4.69, 9.17) is 5.73 Å². The van der Waals surface area contributed by atoms with Gasteiger partial charge in [-0.1, -0.05) is 18.2 Å². The molecule has 5 heteroatoms. The van der Waals surface area contributed by atoms with Crippen LogP contribution in [0.3, 0.4) is 0 Å². The van der Waals surface area contributed by atoms with Crippen molar-refractivity contribution in [1.82, 2.24) is 10.6 Å². The minimum absolute atomic E-state index is 0.158. The lowest BCUT2D eigenvalue weighted by Crippen LogP contribution is -2.20. The number of hydrogen-bond acceptors (Lipinski definition) is 5. The number of benzene rings is 2. The molecule has 0 bridgehead atoms. The highest BCUT2D eigenvalue weighted by Crippen LogP contribution is 2.35. The first kappa shape index (κ1) is 18.4. The standard InChI is InChI=1S/C23H28N4O/c1-15(24)23-20-7-2-17(16-8-11-25-12-9-16)14-21(20)22(10-13-26-23)27-18-3-5-19(28)6-4-18/h2-8,14,22,25-28H,9-13,24H2,1H3/b23-15-. The third-order valence-electron chi connectivity index (χ3n) is 5.47. The van der Waals surface area contributed by atoms with Crippen molar-refractivity contribution in [2.45, 2.75) is 25.8 Å². The zero-order valence-corrected chi connectivity index (χ0v) is 16.3. The molecule has 2 aromatic carbocycles. The lowest BCUT2D eigenvalue weighted by molar-refractivity contribution is 0.475. The van der Waals surface area contributed by atoms with Gasteiger partial charge in [-0.05, 0) is 73.3 Å².